The molecule has 24 heavy (non-hydrogen) atoms. The number of hydrogen-bond donors (Lipinski definition) is 1. The summed E-state index contributed by atoms with van der Waals surface area (Å²) in [5.74, 6) is 0.191. The third-order valence-electron chi connectivity index (χ3n) is 4.43. The monoisotopic (exact) mass is 317 g/mol. The van der Waals surface area contributed by atoms with Crippen molar-refractivity contribution in [1.82, 2.24) is 5.32 Å². The molecule has 1 N–H and O–H groups in total. The Balaban J connectivity index is 1.63. The summed E-state index contributed by atoms with van der Waals surface area (Å²) in [4.78, 5) is 12.3. The van der Waals surface area contributed by atoms with E-state index in [1.807, 2.05) is 31.2 Å². The Hall–Kier alpha value is -2.45. The number of aryl methyl sites for hydroxylation is 1. The van der Waals surface area contributed by atoms with E-state index < -0.39 is 0 Å². The fourth-order valence-electron chi connectivity index (χ4n) is 3.10. The van der Waals surface area contributed by atoms with Crippen molar-refractivity contribution < 1.29 is 4.79 Å². The molecule has 0 aliphatic heterocycles. The smallest absolute Gasteiger partial charge is 0.164 e. The number of fused-ring (bicyclic) bond motifs is 1. The number of ketones is 1. The van der Waals surface area contributed by atoms with Gasteiger partial charge in [-0.25, -0.2) is 0 Å². The van der Waals surface area contributed by atoms with Crippen LogP contribution < -0.4 is 5.32 Å². The van der Waals surface area contributed by atoms with Crippen LogP contribution >= 0.6 is 0 Å². The number of Topliss-reactive ketones (excluding diaryl/α,β-unsaturated/α-hetero) is 1. The lowest BCUT2D eigenvalue weighted by Crippen LogP contribution is -2.22. The van der Waals surface area contributed by atoms with Crippen molar-refractivity contribution in [3.8, 4) is 0 Å². The molecule has 1 atom stereocenters. The Bertz CT molecular complexity index is 848. The van der Waals surface area contributed by atoms with Crippen molar-refractivity contribution in [3.63, 3.8) is 0 Å². The van der Waals surface area contributed by atoms with Crippen molar-refractivity contribution >= 4 is 16.6 Å². The second-order valence-electron chi connectivity index (χ2n) is 6.29. The Kier molecular flexibility index (Phi) is 5.07. The van der Waals surface area contributed by atoms with Gasteiger partial charge in [0, 0.05) is 24.6 Å². The lowest BCUT2D eigenvalue weighted by atomic mass is 9.99. The third-order valence-corrected chi connectivity index (χ3v) is 4.43. The van der Waals surface area contributed by atoms with Crippen LogP contribution in [0.1, 0.15) is 40.9 Å². The highest BCUT2D eigenvalue weighted by Crippen LogP contribution is 2.24. The maximum absolute atomic E-state index is 12.3. The summed E-state index contributed by atoms with van der Waals surface area (Å²) in [6.45, 7) is 4.84. The molecule has 2 heteroatoms. The minimum atomic E-state index is 0.191. The highest BCUT2D eigenvalue weighted by atomic mass is 16.1. The molecule has 0 bridgehead atoms. The van der Waals surface area contributed by atoms with Gasteiger partial charge >= 0.3 is 0 Å². The van der Waals surface area contributed by atoms with Crippen molar-refractivity contribution in [3.05, 3.63) is 83.4 Å². The third kappa shape index (κ3) is 3.72. The molecule has 0 amide bonds. The van der Waals surface area contributed by atoms with Gasteiger partial charge in [0.05, 0.1) is 0 Å². The molecule has 3 rings (SSSR count). The lowest BCUT2D eigenvalue weighted by Gasteiger charge is -2.16. The fraction of sp³-hybridized carbons (Fsp3) is 0.227. The quantitative estimate of drug-likeness (QED) is 0.643. The molecule has 2 nitrogen and oxygen atoms in total. The van der Waals surface area contributed by atoms with Crippen LogP contribution in [0.2, 0.25) is 0 Å². The van der Waals surface area contributed by atoms with Crippen LogP contribution in [0, 0.1) is 6.92 Å². The zero-order valence-electron chi connectivity index (χ0n) is 14.3. The van der Waals surface area contributed by atoms with Crippen LogP contribution in [0.3, 0.4) is 0 Å². The number of benzene rings is 3. The molecule has 1 unspecified atom stereocenters. The topological polar surface area (TPSA) is 29.1 Å². The van der Waals surface area contributed by atoms with E-state index in [0.29, 0.717) is 13.0 Å². The maximum atomic E-state index is 12.3. The van der Waals surface area contributed by atoms with Gasteiger partial charge in [-0.1, -0.05) is 66.2 Å². The van der Waals surface area contributed by atoms with E-state index in [2.05, 4.69) is 54.7 Å². The SMILES string of the molecule is Cc1cccc(C(=O)CCNC(C)c2cccc3ccccc23)c1. The van der Waals surface area contributed by atoms with Crippen molar-refractivity contribution in [1.29, 1.82) is 0 Å². The molecule has 0 aliphatic rings. The first-order valence-electron chi connectivity index (χ1n) is 8.46. The Morgan fingerprint density at radius 1 is 1.00 bits per heavy atom. The van der Waals surface area contributed by atoms with Crippen LogP contribution in [0.25, 0.3) is 10.8 Å². The predicted octanol–water partition coefficient (Wildman–Crippen LogP) is 5.07. The molecule has 0 aliphatic carbocycles. The average molecular weight is 317 g/mol. The second-order valence-corrected chi connectivity index (χ2v) is 6.29. The van der Waals surface area contributed by atoms with E-state index in [9.17, 15) is 4.79 Å². The fourth-order valence-corrected chi connectivity index (χ4v) is 3.10. The normalized spacial score (nSPS) is 12.2. The van der Waals surface area contributed by atoms with Gasteiger partial charge in [0.15, 0.2) is 5.78 Å². The van der Waals surface area contributed by atoms with Crippen LogP contribution in [-0.2, 0) is 0 Å². The minimum absolute atomic E-state index is 0.191. The van der Waals surface area contributed by atoms with Crippen molar-refractivity contribution in [2.75, 3.05) is 6.54 Å². The van der Waals surface area contributed by atoms with Crippen molar-refractivity contribution in [2.24, 2.45) is 0 Å². The van der Waals surface area contributed by atoms with E-state index >= 15 is 0 Å². The number of rotatable bonds is 6. The first-order valence-corrected chi connectivity index (χ1v) is 8.46. The zero-order valence-corrected chi connectivity index (χ0v) is 14.3. The minimum Gasteiger partial charge on any atom is -0.310 e. The molecule has 0 saturated heterocycles. The van der Waals surface area contributed by atoms with Gasteiger partial charge in [-0.05, 0) is 36.2 Å². The summed E-state index contributed by atoms with van der Waals surface area (Å²) in [6, 6.07) is 22.8. The van der Waals surface area contributed by atoms with E-state index in [4.69, 9.17) is 0 Å². The summed E-state index contributed by atoms with van der Waals surface area (Å²) >= 11 is 0. The first kappa shape index (κ1) is 16.4. The van der Waals surface area contributed by atoms with Gasteiger partial charge in [0.2, 0.25) is 0 Å². The van der Waals surface area contributed by atoms with Gasteiger partial charge in [0.25, 0.3) is 0 Å². The Morgan fingerprint density at radius 2 is 1.75 bits per heavy atom. The molecular formula is C22H23NO. The van der Waals surface area contributed by atoms with Crippen LogP contribution in [0.4, 0.5) is 0 Å². The number of nitrogens with one attached hydrogen (secondary N) is 1. The number of carbonyl (C=O) groups excluding carboxylic acids is 1. The van der Waals surface area contributed by atoms with Gasteiger partial charge < -0.3 is 5.32 Å². The second kappa shape index (κ2) is 7.41. The predicted molar refractivity (Wildman–Crippen MR) is 100 cm³/mol. The van der Waals surface area contributed by atoms with Crippen LogP contribution in [-0.4, -0.2) is 12.3 Å². The summed E-state index contributed by atoms with van der Waals surface area (Å²) in [7, 11) is 0. The van der Waals surface area contributed by atoms with E-state index in [-0.39, 0.29) is 11.8 Å². The molecule has 0 saturated carbocycles. The molecule has 3 aromatic rings. The van der Waals surface area contributed by atoms with E-state index in [0.717, 1.165) is 11.1 Å². The van der Waals surface area contributed by atoms with Gasteiger partial charge in [-0.3, -0.25) is 4.79 Å². The molecule has 0 radical (unpaired) electrons. The molecule has 0 fully saturated rings. The number of carbonyl (C=O) groups is 1. The highest BCUT2D eigenvalue weighted by molar-refractivity contribution is 5.96. The summed E-state index contributed by atoms with van der Waals surface area (Å²) in [6.07, 6.45) is 0.512. The Morgan fingerprint density at radius 3 is 2.58 bits per heavy atom. The standard InChI is InChI=1S/C22H23NO/c1-16-7-5-10-19(15-16)22(24)13-14-23-17(2)20-12-6-9-18-8-3-4-11-21(18)20/h3-12,15,17,23H,13-14H2,1-2H3. The largest absolute Gasteiger partial charge is 0.310 e. The first-order chi connectivity index (χ1) is 11.6. The number of hydrogen-bond acceptors (Lipinski definition) is 2. The van der Waals surface area contributed by atoms with Gasteiger partial charge in [-0.15, -0.1) is 0 Å². The summed E-state index contributed by atoms with van der Waals surface area (Å²) < 4.78 is 0. The van der Waals surface area contributed by atoms with Crippen LogP contribution in [0.15, 0.2) is 66.7 Å². The van der Waals surface area contributed by atoms with Gasteiger partial charge in [-0.2, -0.15) is 0 Å². The molecule has 3 aromatic carbocycles. The maximum Gasteiger partial charge on any atom is 0.164 e. The van der Waals surface area contributed by atoms with E-state index in [1.165, 1.54) is 16.3 Å². The molecule has 122 valence electrons. The van der Waals surface area contributed by atoms with Crippen LogP contribution in [0.5, 0.6) is 0 Å². The van der Waals surface area contributed by atoms with E-state index in [1.54, 1.807) is 0 Å². The molecular weight excluding hydrogens is 294 g/mol. The lowest BCUT2D eigenvalue weighted by molar-refractivity contribution is 0.0981. The zero-order chi connectivity index (χ0) is 16.9. The highest BCUT2D eigenvalue weighted by Gasteiger charge is 2.10. The van der Waals surface area contributed by atoms with Gasteiger partial charge in [0.1, 0.15) is 0 Å². The van der Waals surface area contributed by atoms with Crippen molar-refractivity contribution in [2.45, 2.75) is 26.3 Å². The Labute approximate surface area is 143 Å². The summed E-state index contributed by atoms with van der Waals surface area (Å²) in [5.41, 5.74) is 3.20. The average Bonchev–Trinajstić information content (AvgIpc) is 2.61. The molecule has 0 spiro atoms. The molecule has 0 heterocycles. The molecule has 0 aromatic heterocycles. The summed E-state index contributed by atoms with van der Waals surface area (Å²) in [5, 5.41) is 6.00.